The molecule has 1 aromatic heterocycles. The number of carbonyl (C=O) groups is 2. The molecule has 2 atom stereocenters. The van der Waals surface area contributed by atoms with Crippen LogP contribution in [0.2, 0.25) is 0 Å². The zero-order valence-corrected chi connectivity index (χ0v) is 16.2. The third-order valence-electron chi connectivity index (χ3n) is 5.64. The van der Waals surface area contributed by atoms with Gasteiger partial charge in [-0.15, -0.1) is 0 Å². The first-order valence-corrected chi connectivity index (χ1v) is 9.85. The van der Waals surface area contributed by atoms with E-state index >= 15 is 0 Å². The molecule has 3 heterocycles. The number of aromatic nitrogens is 2. The average molecular weight is 361 g/mol. The maximum absolute atomic E-state index is 13.0. The standard InChI is InChI=1S/C19H31N5O2/c1-4-24-14(3)17(13(2)22-24)19(26)23-10-6-7-15(12-23)11-21-18(25)16-8-5-9-20-16/h15-16,20H,4-12H2,1-3H3,(H,21,25). The highest BCUT2D eigenvalue weighted by Gasteiger charge is 2.29. The summed E-state index contributed by atoms with van der Waals surface area (Å²) in [5.41, 5.74) is 2.49. The largest absolute Gasteiger partial charge is 0.354 e. The monoisotopic (exact) mass is 361 g/mol. The molecule has 3 rings (SSSR count). The van der Waals surface area contributed by atoms with Crippen LogP contribution in [0, 0.1) is 19.8 Å². The van der Waals surface area contributed by atoms with Gasteiger partial charge in [-0.25, -0.2) is 0 Å². The van der Waals surface area contributed by atoms with Gasteiger partial charge in [-0.05, 0) is 58.9 Å². The number of hydrogen-bond acceptors (Lipinski definition) is 4. The van der Waals surface area contributed by atoms with E-state index in [-0.39, 0.29) is 17.9 Å². The van der Waals surface area contributed by atoms with E-state index in [1.54, 1.807) is 0 Å². The van der Waals surface area contributed by atoms with Gasteiger partial charge in [0.1, 0.15) is 0 Å². The molecule has 144 valence electrons. The first-order chi connectivity index (χ1) is 12.5. The van der Waals surface area contributed by atoms with Crippen LogP contribution in [-0.2, 0) is 11.3 Å². The second kappa shape index (κ2) is 8.20. The zero-order chi connectivity index (χ0) is 18.7. The normalized spacial score (nSPS) is 23.3. The van der Waals surface area contributed by atoms with E-state index in [0.717, 1.165) is 62.3 Å². The molecule has 0 saturated carbocycles. The fourth-order valence-electron chi connectivity index (χ4n) is 4.17. The molecule has 2 saturated heterocycles. The molecule has 7 nitrogen and oxygen atoms in total. The van der Waals surface area contributed by atoms with Crippen molar-refractivity contribution in [3.63, 3.8) is 0 Å². The Hall–Kier alpha value is -1.89. The molecule has 2 unspecified atom stereocenters. The molecular weight excluding hydrogens is 330 g/mol. The molecule has 26 heavy (non-hydrogen) atoms. The van der Waals surface area contributed by atoms with Crippen LogP contribution < -0.4 is 10.6 Å². The summed E-state index contributed by atoms with van der Waals surface area (Å²) in [5, 5.41) is 10.8. The second-order valence-corrected chi connectivity index (χ2v) is 7.52. The molecule has 0 radical (unpaired) electrons. The predicted molar refractivity (Wildman–Crippen MR) is 100 cm³/mol. The number of aryl methyl sites for hydroxylation is 2. The quantitative estimate of drug-likeness (QED) is 0.827. The first-order valence-electron chi connectivity index (χ1n) is 9.85. The predicted octanol–water partition coefficient (Wildman–Crippen LogP) is 1.24. The van der Waals surface area contributed by atoms with Crippen LogP contribution in [0.3, 0.4) is 0 Å². The van der Waals surface area contributed by atoms with Gasteiger partial charge in [-0.1, -0.05) is 0 Å². The van der Waals surface area contributed by atoms with Gasteiger partial charge < -0.3 is 15.5 Å². The van der Waals surface area contributed by atoms with E-state index in [1.807, 2.05) is 30.4 Å². The van der Waals surface area contributed by atoms with Gasteiger partial charge in [0.15, 0.2) is 0 Å². The molecule has 0 spiro atoms. The summed E-state index contributed by atoms with van der Waals surface area (Å²) < 4.78 is 1.89. The fraction of sp³-hybridized carbons (Fsp3) is 0.737. The lowest BCUT2D eigenvalue weighted by molar-refractivity contribution is -0.123. The number of amides is 2. The molecule has 1 aromatic rings. The van der Waals surface area contributed by atoms with Crippen LogP contribution in [0.25, 0.3) is 0 Å². The van der Waals surface area contributed by atoms with Crippen LogP contribution in [-0.4, -0.2) is 58.7 Å². The van der Waals surface area contributed by atoms with Gasteiger partial charge in [0.2, 0.25) is 5.91 Å². The molecular formula is C19H31N5O2. The molecule has 2 N–H and O–H groups in total. The smallest absolute Gasteiger partial charge is 0.257 e. The molecule has 2 fully saturated rings. The van der Waals surface area contributed by atoms with E-state index in [4.69, 9.17) is 0 Å². The van der Waals surface area contributed by atoms with Crippen molar-refractivity contribution in [1.29, 1.82) is 0 Å². The van der Waals surface area contributed by atoms with Crippen LogP contribution in [0.5, 0.6) is 0 Å². The lowest BCUT2D eigenvalue weighted by Crippen LogP contribution is -2.46. The zero-order valence-electron chi connectivity index (χ0n) is 16.2. The van der Waals surface area contributed by atoms with Gasteiger partial charge in [-0.3, -0.25) is 14.3 Å². The molecule has 2 amide bonds. The number of likely N-dealkylation sites (tertiary alicyclic amines) is 1. The SMILES string of the molecule is CCn1nc(C)c(C(=O)N2CCCC(CNC(=O)C3CCCN3)C2)c1C. The van der Waals surface area contributed by atoms with Crippen molar-refractivity contribution in [3.05, 3.63) is 17.0 Å². The third kappa shape index (κ3) is 3.92. The molecule has 0 aliphatic carbocycles. The lowest BCUT2D eigenvalue weighted by atomic mass is 9.97. The maximum Gasteiger partial charge on any atom is 0.257 e. The molecule has 0 bridgehead atoms. The van der Waals surface area contributed by atoms with Gasteiger partial charge in [0.25, 0.3) is 5.91 Å². The van der Waals surface area contributed by atoms with E-state index in [2.05, 4.69) is 15.7 Å². The maximum atomic E-state index is 13.0. The number of nitrogens with zero attached hydrogens (tertiary/aromatic N) is 3. The van der Waals surface area contributed by atoms with Crippen molar-refractivity contribution in [2.24, 2.45) is 5.92 Å². The van der Waals surface area contributed by atoms with Gasteiger partial charge in [-0.2, -0.15) is 5.10 Å². The Morgan fingerprint density at radius 1 is 1.27 bits per heavy atom. The van der Waals surface area contributed by atoms with E-state index in [9.17, 15) is 9.59 Å². The second-order valence-electron chi connectivity index (χ2n) is 7.52. The Morgan fingerprint density at radius 3 is 2.73 bits per heavy atom. The average Bonchev–Trinajstić information content (AvgIpc) is 3.27. The van der Waals surface area contributed by atoms with E-state index in [0.29, 0.717) is 19.0 Å². The third-order valence-corrected chi connectivity index (χ3v) is 5.64. The van der Waals surface area contributed by atoms with Crippen LogP contribution in [0.15, 0.2) is 0 Å². The molecule has 2 aliphatic heterocycles. The van der Waals surface area contributed by atoms with Crippen LogP contribution in [0.1, 0.15) is 54.4 Å². The van der Waals surface area contributed by atoms with Crippen molar-refractivity contribution in [2.45, 2.75) is 59.0 Å². The number of hydrogen-bond donors (Lipinski definition) is 2. The number of nitrogens with one attached hydrogen (secondary N) is 2. The minimum Gasteiger partial charge on any atom is -0.354 e. The highest BCUT2D eigenvalue weighted by Crippen LogP contribution is 2.21. The Morgan fingerprint density at radius 2 is 2.08 bits per heavy atom. The Kier molecular flexibility index (Phi) is 5.96. The van der Waals surface area contributed by atoms with E-state index in [1.165, 1.54) is 0 Å². The summed E-state index contributed by atoms with van der Waals surface area (Å²) in [6, 6.07) is -0.0403. The van der Waals surface area contributed by atoms with E-state index < -0.39 is 0 Å². The fourth-order valence-corrected chi connectivity index (χ4v) is 4.17. The first kappa shape index (κ1) is 18.9. The summed E-state index contributed by atoms with van der Waals surface area (Å²) in [4.78, 5) is 27.2. The minimum atomic E-state index is -0.0403. The summed E-state index contributed by atoms with van der Waals surface area (Å²) in [5.74, 6) is 0.495. The molecule has 7 heteroatoms. The van der Waals surface area contributed by atoms with Crippen molar-refractivity contribution in [2.75, 3.05) is 26.2 Å². The van der Waals surface area contributed by atoms with Crippen molar-refractivity contribution in [3.8, 4) is 0 Å². The van der Waals surface area contributed by atoms with Crippen molar-refractivity contribution < 1.29 is 9.59 Å². The summed E-state index contributed by atoms with van der Waals surface area (Å²) in [6.45, 7) is 9.73. The minimum absolute atomic E-state index is 0.0403. The Bertz CT molecular complexity index is 663. The van der Waals surface area contributed by atoms with Crippen molar-refractivity contribution in [1.82, 2.24) is 25.3 Å². The van der Waals surface area contributed by atoms with Crippen LogP contribution >= 0.6 is 0 Å². The highest BCUT2D eigenvalue weighted by atomic mass is 16.2. The van der Waals surface area contributed by atoms with Gasteiger partial charge in [0, 0.05) is 31.9 Å². The van der Waals surface area contributed by atoms with Crippen molar-refractivity contribution >= 4 is 11.8 Å². The number of piperidine rings is 1. The number of rotatable bonds is 5. The Labute approximate surface area is 155 Å². The Balaban J connectivity index is 1.58. The van der Waals surface area contributed by atoms with Crippen LogP contribution in [0.4, 0.5) is 0 Å². The summed E-state index contributed by atoms with van der Waals surface area (Å²) in [7, 11) is 0. The topological polar surface area (TPSA) is 79.3 Å². The lowest BCUT2D eigenvalue weighted by Gasteiger charge is -2.33. The summed E-state index contributed by atoms with van der Waals surface area (Å²) in [6.07, 6.45) is 4.01. The molecule has 0 aromatic carbocycles. The van der Waals surface area contributed by atoms with Gasteiger partial charge >= 0.3 is 0 Å². The molecule has 2 aliphatic rings. The number of carbonyl (C=O) groups excluding carboxylic acids is 2. The van der Waals surface area contributed by atoms with Gasteiger partial charge in [0.05, 0.1) is 17.3 Å². The highest BCUT2D eigenvalue weighted by molar-refractivity contribution is 5.96. The summed E-state index contributed by atoms with van der Waals surface area (Å²) >= 11 is 0.